The number of hydrogen-bond acceptors (Lipinski definition) is 9. The minimum atomic E-state index is -0.161. The summed E-state index contributed by atoms with van der Waals surface area (Å²) >= 11 is 0. The first-order chi connectivity index (χ1) is 16.6. The van der Waals surface area contributed by atoms with Gasteiger partial charge < -0.3 is 30.9 Å². The molecule has 9 nitrogen and oxygen atoms in total. The molecule has 0 bridgehead atoms. The fourth-order valence-corrected chi connectivity index (χ4v) is 5.25. The van der Waals surface area contributed by atoms with E-state index < -0.39 is 0 Å². The van der Waals surface area contributed by atoms with Gasteiger partial charge in [0, 0.05) is 61.9 Å². The molecule has 2 aliphatic heterocycles. The molecule has 0 radical (unpaired) electrons. The molecule has 0 aromatic carbocycles. The molecular weight excluding hydrogens is 428 g/mol. The third-order valence-electron chi connectivity index (χ3n) is 7.46. The molecule has 3 fully saturated rings. The number of piperidine rings is 1. The maximum Gasteiger partial charge on any atom is 0.229 e. The zero-order valence-electron chi connectivity index (χ0n) is 20.2. The van der Waals surface area contributed by atoms with Gasteiger partial charge in [-0.15, -0.1) is 0 Å². The molecule has 0 atom stereocenters. The van der Waals surface area contributed by atoms with Crippen molar-refractivity contribution >= 4 is 23.3 Å². The van der Waals surface area contributed by atoms with E-state index in [0.717, 1.165) is 95.1 Å². The van der Waals surface area contributed by atoms with Crippen LogP contribution in [0.1, 0.15) is 50.0 Å². The Morgan fingerprint density at radius 2 is 1.76 bits per heavy atom. The standard InChI is InChI=1S/C25H38N8O/c1-32-12-14-33(15-13-32)23-16-20(8-11-27-23)30-25-28-17-22(18-6-9-26-10-7-18)24(31-25)29-19-2-4-21(34)5-3-19/h8,11,16-19,21,26,34H,2-7,9-10,12-15H2,1H3,(H2,27,28,29,30,31). The molecule has 9 heteroatoms. The summed E-state index contributed by atoms with van der Waals surface area (Å²) in [6.07, 6.45) is 9.55. The number of anilines is 4. The summed E-state index contributed by atoms with van der Waals surface area (Å²) in [5.74, 6) is 3.01. The van der Waals surface area contributed by atoms with Gasteiger partial charge in [0.25, 0.3) is 0 Å². The molecule has 2 saturated heterocycles. The van der Waals surface area contributed by atoms with Gasteiger partial charge in [-0.2, -0.15) is 4.98 Å². The highest BCUT2D eigenvalue weighted by Crippen LogP contribution is 2.32. The van der Waals surface area contributed by atoms with E-state index >= 15 is 0 Å². The largest absolute Gasteiger partial charge is 0.393 e. The lowest BCUT2D eigenvalue weighted by molar-refractivity contribution is 0.126. The SMILES string of the molecule is CN1CCN(c2cc(Nc3ncc(C4CCNCC4)c(NC4CCC(O)CC4)n3)ccn2)CC1. The first-order valence-corrected chi connectivity index (χ1v) is 12.8. The highest BCUT2D eigenvalue weighted by atomic mass is 16.3. The van der Waals surface area contributed by atoms with Crippen LogP contribution in [0.25, 0.3) is 0 Å². The van der Waals surface area contributed by atoms with Gasteiger partial charge in [0.05, 0.1) is 6.10 Å². The molecule has 0 unspecified atom stereocenters. The van der Waals surface area contributed by atoms with E-state index in [4.69, 9.17) is 9.97 Å². The second kappa shape index (κ2) is 10.8. The van der Waals surface area contributed by atoms with Crippen LogP contribution in [0.4, 0.5) is 23.3 Å². The minimum Gasteiger partial charge on any atom is -0.393 e. The molecular formula is C25H38N8O. The van der Waals surface area contributed by atoms with Crippen LogP contribution in [0, 0.1) is 0 Å². The Labute approximate surface area is 202 Å². The number of aromatic nitrogens is 3. The Balaban J connectivity index is 1.34. The van der Waals surface area contributed by atoms with Gasteiger partial charge in [-0.1, -0.05) is 0 Å². The Bertz CT molecular complexity index is 934. The van der Waals surface area contributed by atoms with Gasteiger partial charge in [0.2, 0.25) is 5.95 Å². The lowest BCUT2D eigenvalue weighted by Crippen LogP contribution is -2.44. The van der Waals surface area contributed by atoms with Crippen LogP contribution in [0.5, 0.6) is 0 Å². The maximum absolute atomic E-state index is 9.91. The van der Waals surface area contributed by atoms with E-state index in [1.165, 1.54) is 5.56 Å². The molecule has 0 spiro atoms. The first kappa shape index (κ1) is 23.3. The molecule has 4 heterocycles. The Kier molecular flexibility index (Phi) is 7.42. The van der Waals surface area contributed by atoms with Crippen molar-refractivity contribution in [3.05, 3.63) is 30.1 Å². The normalized spacial score (nSPS) is 24.7. The first-order valence-electron chi connectivity index (χ1n) is 12.8. The Morgan fingerprint density at radius 3 is 2.53 bits per heavy atom. The molecule has 3 aliphatic rings. The van der Waals surface area contributed by atoms with Gasteiger partial charge in [-0.25, -0.2) is 9.97 Å². The van der Waals surface area contributed by atoms with E-state index in [2.05, 4.69) is 43.8 Å². The molecule has 1 saturated carbocycles. The third-order valence-corrected chi connectivity index (χ3v) is 7.46. The number of rotatable bonds is 6. The van der Waals surface area contributed by atoms with Gasteiger partial charge in [0.1, 0.15) is 11.6 Å². The van der Waals surface area contributed by atoms with Gasteiger partial charge in [0.15, 0.2) is 0 Å². The average molecular weight is 467 g/mol. The summed E-state index contributed by atoms with van der Waals surface area (Å²) < 4.78 is 0. The molecule has 2 aromatic heterocycles. The average Bonchev–Trinajstić information content (AvgIpc) is 2.87. The van der Waals surface area contributed by atoms with Crippen molar-refractivity contribution in [2.45, 2.75) is 56.6 Å². The predicted octanol–water partition coefficient (Wildman–Crippen LogP) is 2.55. The van der Waals surface area contributed by atoms with Crippen LogP contribution in [0.15, 0.2) is 24.5 Å². The van der Waals surface area contributed by atoms with E-state index in [1.807, 2.05) is 18.5 Å². The molecule has 5 rings (SSSR count). The summed E-state index contributed by atoms with van der Waals surface area (Å²) in [6, 6.07) is 4.40. The number of aliphatic hydroxyl groups is 1. The van der Waals surface area contributed by atoms with Crippen LogP contribution >= 0.6 is 0 Å². The van der Waals surface area contributed by atoms with E-state index in [0.29, 0.717) is 17.9 Å². The highest BCUT2D eigenvalue weighted by Gasteiger charge is 2.24. The Hall–Kier alpha value is -2.49. The van der Waals surface area contributed by atoms with Crippen molar-refractivity contribution in [3.8, 4) is 0 Å². The van der Waals surface area contributed by atoms with Gasteiger partial charge >= 0.3 is 0 Å². The van der Waals surface area contributed by atoms with Crippen molar-refractivity contribution in [1.82, 2.24) is 25.2 Å². The van der Waals surface area contributed by atoms with Crippen LogP contribution in [0.2, 0.25) is 0 Å². The minimum absolute atomic E-state index is 0.161. The second-order valence-electron chi connectivity index (χ2n) is 9.99. The number of aliphatic hydroxyl groups excluding tert-OH is 1. The summed E-state index contributed by atoms with van der Waals surface area (Å²) in [5.41, 5.74) is 2.16. The van der Waals surface area contributed by atoms with Crippen LogP contribution in [0.3, 0.4) is 0 Å². The predicted molar refractivity (Wildman–Crippen MR) is 136 cm³/mol. The van der Waals surface area contributed by atoms with Gasteiger partial charge in [-0.05, 0) is 70.6 Å². The van der Waals surface area contributed by atoms with Crippen LogP contribution in [-0.2, 0) is 0 Å². The number of nitrogens with zero attached hydrogens (tertiary/aromatic N) is 5. The number of pyridine rings is 1. The van der Waals surface area contributed by atoms with Crippen molar-refractivity contribution in [1.29, 1.82) is 0 Å². The Morgan fingerprint density at radius 1 is 1.00 bits per heavy atom. The quantitative estimate of drug-likeness (QED) is 0.512. The molecule has 2 aromatic rings. The van der Waals surface area contributed by atoms with Crippen molar-refractivity contribution < 1.29 is 5.11 Å². The smallest absolute Gasteiger partial charge is 0.229 e. The van der Waals surface area contributed by atoms with Crippen molar-refractivity contribution in [2.75, 3.05) is 61.8 Å². The summed E-state index contributed by atoms with van der Waals surface area (Å²) in [4.78, 5) is 18.9. The van der Waals surface area contributed by atoms with E-state index in [9.17, 15) is 5.11 Å². The third kappa shape index (κ3) is 5.76. The number of likely N-dealkylation sites (N-methyl/N-ethyl adjacent to an activating group) is 1. The number of piperazine rings is 1. The molecule has 1 aliphatic carbocycles. The fourth-order valence-electron chi connectivity index (χ4n) is 5.25. The van der Waals surface area contributed by atoms with Crippen molar-refractivity contribution in [2.24, 2.45) is 0 Å². The molecule has 184 valence electrons. The van der Waals surface area contributed by atoms with E-state index in [-0.39, 0.29) is 6.10 Å². The molecule has 4 N–H and O–H groups in total. The molecule has 34 heavy (non-hydrogen) atoms. The second-order valence-corrected chi connectivity index (χ2v) is 9.99. The topological polar surface area (TPSA) is 101 Å². The monoisotopic (exact) mass is 466 g/mol. The molecule has 0 amide bonds. The van der Waals surface area contributed by atoms with Crippen LogP contribution < -0.4 is 20.9 Å². The number of hydrogen-bond donors (Lipinski definition) is 4. The zero-order chi connectivity index (χ0) is 23.3. The highest BCUT2D eigenvalue weighted by molar-refractivity contribution is 5.60. The zero-order valence-corrected chi connectivity index (χ0v) is 20.2. The summed E-state index contributed by atoms with van der Waals surface area (Å²) in [7, 11) is 2.16. The van der Waals surface area contributed by atoms with Crippen LogP contribution in [-0.4, -0.2) is 83.4 Å². The van der Waals surface area contributed by atoms with E-state index in [1.54, 1.807) is 0 Å². The fraction of sp³-hybridized carbons (Fsp3) is 0.640. The summed E-state index contributed by atoms with van der Waals surface area (Å²) in [5, 5.41) is 20.5. The lowest BCUT2D eigenvalue weighted by Gasteiger charge is -2.33. The maximum atomic E-state index is 9.91. The van der Waals surface area contributed by atoms with Crippen molar-refractivity contribution in [3.63, 3.8) is 0 Å². The number of nitrogens with one attached hydrogen (secondary N) is 3. The summed E-state index contributed by atoms with van der Waals surface area (Å²) in [6.45, 7) is 6.14. The lowest BCUT2D eigenvalue weighted by atomic mass is 9.90. The van der Waals surface area contributed by atoms with Gasteiger partial charge in [-0.3, -0.25) is 0 Å².